The van der Waals surface area contributed by atoms with Crippen molar-refractivity contribution in [3.8, 4) is 10.6 Å². The number of aliphatic hydroxyl groups excluding tert-OH is 1. The Balaban J connectivity index is 2.10. The SMILES string of the molecule is OC1CCCc2sc(-c3cc(Br)ccc3F)nc21. The van der Waals surface area contributed by atoms with Gasteiger partial charge in [-0.25, -0.2) is 9.37 Å². The van der Waals surface area contributed by atoms with E-state index in [2.05, 4.69) is 20.9 Å². The van der Waals surface area contributed by atoms with Crippen molar-refractivity contribution in [1.29, 1.82) is 0 Å². The second kappa shape index (κ2) is 4.72. The van der Waals surface area contributed by atoms with Crippen molar-refractivity contribution in [3.05, 3.63) is 39.1 Å². The van der Waals surface area contributed by atoms with E-state index >= 15 is 0 Å². The van der Waals surface area contributed by atoms with Gasteiger partial charge in [-0.3, -0.25) is 0 Å². The number of aliphatic hydroxyl groups is 1. The summed E-state index contributed by atoms with van der Waals surface area (Å²) in [6, 6.07) is 4.82. The van der Waals surface area contributed by atoms with Crippen molar-refractivity contribution >= 4 is 27.3 Å². The van der Waals surface area contributed by atoms with Gasteiger partial charge in [0, 0.05) is 14.9 Å². The summed E-state index contributed by atoms with van der Waals surface area (Å²) in [5.41, 5.74) is 1.23. The predicted octanol–water partition coefficient (Wildman–Crippen LogP) is 4.08. The van der Waals surface area contributed by atoms with Crippen LogP contribution in [0.4, 0.5) is 4.39 Å². The highest BCUT2D eigenvalue weighted by Crippen LogP contribution is 2.38. The Labute approximate surface area is 117 Å². The number of nitrogens with zero attached hydrogens (tertiary/aromatic N) is 1. The van der Waals surface area contributed by atoms with Crippen LogP contribution in [-0.4, -0.2) is 10.1 Å². The van der Waals surface area contributed by atoms with Crippen LogP contribution >= 0.6 is 27.3 Å². The Morgan fingerprint density at radius 1 is 1.44 bits per heavy atom. The summed E-state index contributed by atoms with van der Waals surface area (Å²) in [6.45, 7) is 0. The number of hydrogen-bond donors (Lipinski definition) is 1. The molecule has 0 fully saturated rings. The third-order valence-corrected chi connectivity index (χ3v) is 4.74. The van der Waals surface area contributed by atoms with Gasteiger partial charge in [0.15, 0.2) is 0 Å². The van der Waals surface area contributed by atoms with E-state index in [0.717, 1.165) is 34.3 Å². The Morgan fingerprint density at radius 2 is 2.28 bits per heavy atom. The average molecular weight is 328 g/mol. The van der Waals surface area contributed by atoms with Gasteiger partial charge in [0.2, 0.25) is 0 Å². The molecule has 0 radical (unpaired) electrons. The van der Waals surface area contributed by atoms with Crippen LogP contribution in [-0.2, 0) is 6.42 Å². The fourth-order valence-corrected chi connectivity index (χ4v) is 3.71. The fraction of sp³-hybridized carbons (Fsp3) is 0.308. The highest BCUT2D eigenvalue weighted by molar-refractivity contribution is 9.10. The summed E-state index contributed by atoms with van der Waals surface area (Å²) in [6.07, 6.45) is 2.15. The lowest BCUT2D eigenvalue weighted by Gasteiger charge is -2.14. The van der Waals surface area contributed by atoms with Crippen molar-refractivity contribution in [2.75, 3.05) is 0 Å². The van der Waals surface area contributed by atoms with Crippen molar-refractivity contribution in [3.63, 3.8) is 0 Å². The largest absolute Gasteiger partial charge is 0.387 e. The topological polar surface area (TPSA) is 33.1 Å². The van der Waals surface area contributed by atoms with Crippen LogP contribution in [0.25, 0.3) is 10.6 Å². The number of hydrogen-bond acceptors (Lipinski definition) is 3. The van der Waals surface area contributed by atoms with Crippen LogP contribution in [0.3, 0.4) is 0 Å². The Kier molecular flexibility index (Phi) is 3.21. The highest BCUT2D eigenvalue weighted by Gasteiger charge is 2.24. The van der Waals surface area contributed by atoms with Gasteiger partial charge < -0.3 is 5.11 Å². The number of halogens is 2. The van der Waals surface area contributed by atoms with Gasteiger partial charge in [0.25, 0.3) is 0 Å². The molecule has 1 atom stereocenters. The molecule has 0 saturated carbocycles. The first-order chi connectivity index (χ1) is 8.65. The van der Waals surface area contributed by atoms with Crippen molar-refractivity contribution in [1.82, 2.24) is 4.98 Å². The van der Waals surface area contributed by atoms with Crippen LogP contribution in [0.2, 0.25) is 0 Å². The van der Waals surface area contributed by atoms with Crippen molar-refractivity contribution in [2.45, 2.75) is 25.4 Å². The highest BCUT2D eigenvalue weighted by atomic mass is 79.9. The number of aryl methyl sites for hydroxylation is 1. The molecular formula is C13H11BrFNOS. The molecule has 1 heterocycles. The molecule has 2 aromatic rings. The van der Waals surface area contributed by atoms with Crippen LogP contribution in [0.1, 0.15) is 29.5 Å². The monoisotopic (exact) mass is 327 g/mol. The minimum absolute atomic E-state index is 0.279. The van der Waals surface area contributed by atoms with E-state index in [1.54, 1.807) is 12.1 Å². The Bertz CT molecular complexity index is 599. The summed E-state index contributed by atoms with van der Waals surface area (Å²) in [4.78, 5) is 5.50. The van der Waals surface area contributed by atoms with E-state index in [-0.39, 0.29) is 5.82 Å². The first kappa shape index (κ1) is 12.3. The first-order valence-corrected chi connectivity index (χ1v) is 7.39. The zero-order valence-electron chi connectivity index (χ0n) is 9.49. The van der Waals surface area contributed by atoms with E-state index in [0.29, 0.717) is 10.6 Å². The molecule has 3 rings (SSSR count). The van der Waals surface area contributed by atoms with Crippen LogP contribution < -0.4 is 0 Å². The molecule has 0 spiro atoms. The summed E-state index contributed by atoms with van der Waals surface area (Å²) in [7, 11) is 0. The van der Waals surface area contributed by atoms with Crippen LogP contribution in [0, 0.1) is 5.82 Å². The zero-order valence-corrected chi connectivity index (χ0v) is 11.9. The summed E-state index contributed by atoms with van der Waals surface area (Å²) < 4.78 is 14.6. The van der Waals surface area contributed by atoms with E-state index in [1.165, 1.54) is 17.4 Å². The fourth-order valence-electron chi connectivity index (χ4n) is 2.17. The maximum absolute atomic E-state index is 13.8. The van der Waals surface area contributed by atoms with E-state index in [4.69, 9.17) is 0 Å². The minimum Gasteiger partial charge on any atom is -0.387 e. The molecular weight excluding hydrogens is 317 g/mol. The van der Waals surface area contributed by atoms with E-state index in [9.17, 15) is 9.50 Å². The standard InChI is InChI=1S/C13H11BrFNOS/c14-7-4-5-9(15)8(6-7)13-16-12-10(17)2-1-3-11(12)18-13/h4-6,10,17H,1-3H2. The molecule has 0 amide bonds. The normalized spacial score (nSPS) is 18.7. The van der Waals surface area contributed by atoms with Gasteiger partial charge in [-0.2, -0.15) is 0 Å². The smallest absolute Gasteiger partial charge is 0.133 e. The van der Waals surface area contributed by atoms with Crippen LogP contribution in [0.15, 0.2) is 22.7 Å². The number of rotatable bonds is 1. The molecule has 1 aliphatic rings. The molecule has 2 nitrogen and oxygen atoms in total. The van der Waals surface area contributed by atoms with Gasteiger partial charge >= 0.3 is 0 Å². The molecule has 18 heavy (non-hydrogen) atoms. The molecule has 1 N–H and O–H groups in total. The first-order valence-electron chi connectivity index (χ1n) is 5.78. The lowest BCUT2D eigenvalue weighted by atomic mass is 10.0. The molecule has 5 heteroatoms. The average Bonchev–Trinajstić information content (AvgIpc) is 2.77. The maximum Gasteiger partial charge on any atom is 0.133 e. The van der Waals surface area contributed by atoms with E-state index < -0.39 is 6.10 Å². The van der Waals surface area contributed by atoms with Gasteiger partial charge in [-0.1, -0.05) is 15.9 Å². The number of fused-ring (bicyclic) bond motifs is 1. The molecule has 0 saturated heterocycles. The van der Waals surface area contributed by atoms with Crippen LogP contribution in [0.5, 0.6) is 0 Å². The molecule has 0 aliphatic heterocycles. The Hall–Kier alpha value is -0.780. The molecule has 1 aromatic heterocycles. The lowest BCUT2D eigenvalue weighted by molar-refractivity contribution is 0.153. The molecule has 0 bridgehead atoms. The maximum atomic E-state index is 13.8. The molecule has 1 aliphatic carbocycles. The second-order valence-corrected chi connectivity index (χ2v) is 6.36. The van der Waals surface area contributed by atoms with Gasteiger partial charge in [-0.05, 0) is 37.5 Å². The van der Waals surface area contributed by atoms with Gasteiger partial charge in [-0.15, -0.1) is 11.3 Å². The number of benzene rings is 1. The zero-order chi connectivity index (χ0) is 12.7. The number of aromatic nitrogens is 1. The quantitative estimate of drug-likeness (QED) is 0.856. The summed E-state index contributed by atoms with van der Waals surface area (Å²) >= 11 is 4.82. The van der Waals surface area contributed by atoms with Gasteiger partial charge in [0.05, 0.1) is 11.8 Å². The number of thiazole rings is 1. The van der Waals surface area contributed by atoms with Crippen molar-refractivity contribution in [2.24, 2.45) is 0 Å². The van der Waals surface area contributed by atoms with Crippen molar-refractivity contribution < 1.29 is 9.50 Å². The van der Waals surface area contributed by atoms with Gasteiger partial charge in [0.1, 0.15) is 10.8 Å². The molecule has 1 aromatic carbocycles. The second-order valence-electron chi connectivity index (χ2n) is 4.36. The summed E-state index contributed by atoms with van der Waals surface area (Å²) in [5.74, 6) is -0.279. The molecule has 1 unspecified atom stereocenters. The third kappa shape index (κ3) is 2.11. The lowest BCUT2D eigenvalue weighted by Crippen LogP contribution is -2.07. The minimum atomic E-state index is -0.492. The summed E-state index contributed by atoms with van der Waals surface area (Å²) in [5, 5.41) is 10.5. The Morgan fingerprint density at radius 3 is 3.06 bits per heavy atom. The third-order valence-electron chi connectivity index (χ3n) is 3.08. The predicted molar refractivity (Wildman–Crippen MR) is 73.1 cm³/mol. The van der Waals surface area contributed by atoms with E-state index in [1.807, 2.05) is 0 Å². The molecule has 94 valence electrons.